The lowest BCUT2D eigenvalue weighted by Gasteiger charge is -2.08. The number of nitrogens with zero attached hydrogens (tertiary/aromatic N) is 3. The van der Waals surface area contributed by atoms with E-state index in [2.05, 4.69) is 10.1 Å². The van der Waals surface area contributed by atoms with Crippen molar-refractivity contribution in [2.24, 2.45) is 0 Å². The molecule has 0 radical (unpaired) electrons. The second-order valence-electron chi connectivity index (χ2n) is 7.09. The van der Waals surface area contributed by atoms with Crippen LogP contribution < -0.4 is 0 Å². The molecule has 0 amide bonds. The number of carbonyl (C=O) groups is 1. The quantitative estimate of drug-likeness (QED) is 0.467. The summed E-state index contributed by atoms with van der Waals surface area (Å²) >= 11 is 0. The second-order valence-corrected chi connectivity index (χ2v) is 7.09. The maximum atomic E-state index is 13.1. The summed E-state index contributed by atoms with van der Waals surface area (Å²) in [6.07, 6.45) is -4.63. The highest BCUT2D eigenvalue weighted by molar-refractivity contribution is 5.98. The number of aromatic hydroxyl groups is 2. The Labute approximate surface area is 180 Å². The van der Waals surface area contributed by atoms with E-state index in [9.17, 15) is 28.2 Å². The molecule has 0 spiro atoms. The fourth-order valence-electron chi connectivity index (χ4n) is 3.12. The third-order valence-electron chi connectivity index (χ3n) is 4.81. The molecule has 0 aliphatic rings. The molecule has 1 aromatic heterocycles. The molecular formula is C23H16F3N3O3. The lowest BCUT2D eigenvalue weighted by Crippen LogP contribution is -2.15. The number of aryl methyl sites for hydroxylation is 1. The van der Waals surface area contributed by atoms with Gasteiger partial charge in [-0.2, -0.15) is 17.9 Å². The molecule has 0 aliphatic heterocycles. The van der Waals surface area contributed by atoms with Gasteiger partial charge in [-0.3, -0.25) is 4.79 Å². The fourth-order valence-corrected chi connectivity index (χ4v) is 3.12. The lowest BCUT2D eigenvalue weighted by atomic mass is 10.1. The van der Waals surface area contributed by atoms with Crippen LogP contribution in [0.1, 0.15) is 21.5 Å². The highest BCUT2D eigenvalue weighted by atomic mass is 19.4. The van der Waals surface area contributed by atoms with E-state index in [1.807, 2.05) is 6.92 Å². The number of aromatic nitrogens is 3. The van der Waals surface area contributed by atoms with Crippen molar-refractivity contribution in [1.29, 1.82) is 0 Å². The van der Waals surface area contributed by atoms with Crippen molar-refractivity contribution in [3.63, 3.8) is 0 Å². The normalized spacial score (nSPS) is 11.5. The van der Waals surface area contributed by atoms with E-state index < -0.39 is 23.4 Å². The highest BCUT2D eigenvalue weighted by Gasteiger charge is 2.32. The van der Waals surface area contributed by atoms with E-state index in [0.29, 0.717) is 11.6 Å². The Bertz CT molecular complexity index is 1310. The Kier molecular flexibility index (Phi) is 5.17. The molecule has 0 unspecified atom stereocenters. The third kappa shape index (κ3) is 3.92. The van der Waals surface area contributed by atoms with Gasteiger partial charge in [0.05, 0.1) is 16.7 Å². The molecule has 3 aromatic carbocycles. The van der Waals surface area contributed by atoms with Gasteiger partial charge in [-0.05, 0) is 49.4 Å². The lowest BCUT2D eigenvalue weighted by molar-refractivity contribution is -0.137. The molecule has 162 valence electrons. The SMILES string of the molecule is Cc1ccc(C(=O)n2nc(-c3ccc(C(F)(F)F)cc3O)nc2-c2ccccc2O)cc1. The van der Waals surface area contributed by atoms with Gasteiger partial charge in [0.1, 0.15) is 11.5 Å². The molecule has 32 heavy (non-hydrogen) atoms. The zero-order valence-electron chi connectivity index (χ0n) is 16.6. The molecular weight excluding hydrogens is 423 g/mol. The Morgan fingerprint density at radius 3 is 2.22 bits per heavy atom. The number of hydrogen-bond donors (Lipinski definition) is 2. The summed E-state index contributed by atoms with van der Waals surface area (Å²) in [5.41, 5.74) is 0.301. The van der Waals surface area contributed by atoms with Gasteiger partial charge in [-0.1, -0.05) is 29.8 Å². The highest BCUT2D eigenvalue weighted by Crippen LogP contribution is 2.37. The Hall–Kier alpha value is -4.14. The van der Waals surface area contributed by atoms with Crippen LogP contribution in [0.15, 0.2) is 66.7 Å². The van der Waals surface area contributed by atoms with Crippen molar-refractivity contribution >= 4 is 5.91 Å². The number of benzene rings is 3. The predicted octanol–water partition coefficient (Wildman–Crippen LogP) is 5.04. The first kappa shape index (κ1) is 21.1. The predicted molar refractivity (Wildman–Crippen MR) is 110 cm³/mol. The smallest absolute Gasteiger partial charge is 0.416 e. The van der Waals surface area contributed by atoms with Crippen LogP contribution in [-0.4, -0.2) is 30.9 Å². The number of hydrogen-bond acceptors (Lipinski definition) is 5. The summed E-state index contributed by atoms with van der Waals surface area (Å²) in [5, 5.41) is 24.6. The number of rotatable bonds is 3. The zero-order valence-corrected chi connectivity index (χ0v) is 16.6. The third-order valence-corrected chi connectivity index (χ3v) is 4.81. The molecule has 2 N–H and O–H groups in total. The molecule has 0 saturated heterocycles. The van der Waals surface area contributed by atoms with E-state index in [-0.39, 0.29) is 28.5 Å². The number of halogens is 3. The standard InChI is InChI=1S/C23H16F3N3O3/c1-13-6-8-14(9-7-13)22(32)29-21(17-4-2-3-5-18(17)30)27-20(28-29)16-11-10-15(12-19(16)31)23(24,25)26/h2-12,30-31H,1H3. The Balaban J connectivity index is 1.88. The molecule has 9 heteroatoms. The van der Waals surface area contributed by atoms with Crippen molar-refractivity contribution < 1.29 is 28.2 Å². The molecule has 0 fully saturated rings. The summed E-state index contributed by atoms with van der Waals surface area (Å²) < 4.78 is 39.8. The molecule has 6 nitrogen and oxygen atoms in total. The largest absolute Gasteiger partial charge is 0.507 e. The number of carbonyl (C=O) groups excluding carboxylic acids is 1. The van der Waals surface area contributed by atoms with Crippen LogP contribution in [0.3, 0.4) is 0 Å². The molecule has 4 aromatic rings. The van der Waals surface area contributed by atoms with Gasteiger partial charge in [0.15, 0.2) is 11.6 Å². The Morgan fingerprint density at radius 2 is 1.59 bits per heavy atom. The zero-order chi connectivity index (χ0) is 23.0. The molecule has 4 rings (SSSR count). The van der Waals surface area contributed by atoms with Gasteiger partial charge in [0.2, 0.25) is 0 Å². The van der Waals surface area contributed by atoms with Crippen LogP contribution in [0.25, 0.3) is 22.8 Å². The van der Waals surface area contributed by atoms with Gasteiger partial charge in [0, 0.05) is 5.56 Å². The number of para-hydroxylation sites is 1. The molecule has 1 heterocycles. The van der Waals surface area contributed by atoms with Crippen molar-refractivity contribution in [2.75, 3.05) is 0 Å². The van der Waals surface area contributed by atoms with Crippen LogP contribution in [0.5, 0.6) is 11.5 Å². The van der Waals surface area contributed by atoms with Crippen molar-refractivity contribution in [2.45, 2.75) is 13.1 Å². The summed E-state index contributed by atoms with van der Waals surface area (Å²) in [5.74, 6) is -1.61. The van der Waals surface area contributed by atoms with Gasteiger partial charge < -0.3 is 10.2 Å². The average molecular weight is 439 g/mol. The minimum absolute atomic E-state index is 0.0250. The molecule has 0 bridgehead atoms. The van der Waals surface area contributed by atoms with E-state index >= 15 is 0 Å². The maximum absolute atomic E-state index is 13.1. The molecule has 0 atom stereocenters. The number of alkyl halides is 3. The second kappa shape index (κ2) is 7.84. The van der Waals surface area contributed by atoms with E-state index in [0.717, 1.165) is 22.4 Å². The van der Waals surface area contributed by atoms with Crippen LogP contribution >= 0.6 is 0 Å². The molecule has 0 aliphatic carbocycles. The van der Waals surface area contributed by atoms with Gasteiger partial charge in [-0.15, -0.1) is 5.10 Å². The van der Waals surface area contributed by atoms with Crippen LogP contribution in [0.4, 0.5) is 13.2 Å². The summed E-state index contributed by atoms with van der Waals surface area (Å²) in [6, 6.07) is 15.2. The average Bonchev–Trinajstić information content (AvgIpc) is 3.18. The van der Waals surface area contributed by atoms with Crippen molar-refractivity contribution in [3.8, 4) is 34.3 Å². The van der Waals surface area contributed by atoms with Gasteiger partial charge in [0.25, 0.3) is 5.91 Å². The van der Waals surface area contributed by atoms with E-state index in [4.69, 9.17) is 0 Å². The van der Waals surface area contributed by atoms with Gasteiger partial charge in [-0.25, -0.2) is 4.98 Å². The summed E-state index contributed by atoms with van der Waals surface area (Å²) in [4.78, 5) is 17.4. The number of phenolic OH excluding ortho intramolecular Hbond substituents is 2. The minimum Gasteiger partial charge on any atom is -0.507 e. The first-order chi connectivity index (χ1) is 15.1. The van der Waals surface area contributed by atoms with E-state index in [1.54, 1.807) is 36.4 Å². The van der Waals surface area contributed by atoms with Crippen LogP contribution in [0, 0.1) is 6.92 Å². The van der Waals surface area contributed by atoms with Crippen LogP contribution in [0.2, 0.25) is 0 Å². The maximum Gasteiger partial charge on any atom is 0.416 e. The molecule has 0 saturated carbocycles. The minimum atomic E-state index is -4.63. The van der Waals surface area contributed by atoms with Crippen molar-refractivity contribution in [1.82, 2.24) is 14.8 Å². The first-order valence-electron chi connectivity index (χ1n) is 9.42. The fraction of sp³-hybridized carbons (Fsp3) is 0.0870. The van der Waals surface area contributed by atoms with Crippen molar-refractivity contribution in [3.05, 3.63) is 83.4 Å². The Morgan fingerprint density at radius 1 is 0.906 bits per heavy atom. The van der Waals surface area contributed by atoms with Gasteiger partial charge >= 0.3 is 6.18 Å². The number of phenols is 2. The summed E-state index contributed by atoms with van der Waals surface area (Å²) in [7, 11) is 0. The monoisotopic (exact) mass is 439 g/mol. The van der Waals surface area contributed by atoms with Crippen LogP contribution in [-0.2, 0) is 6.18 Å². The first-order valence-corrected chi connectivity index (χ1v) is 9.42. The topological polar surface area (TPSA) is 88.2 Å². The van der Waals surface area contributed by atoms with E-state index in [1.165, 1.54) is 12.1 Å². The summed E-state index contributed by atoms with van der Waals surface area (Å²) in [6.45, 7) is 1.86.